The fourth-order valence-electron chi connectivity index (χ4n) is 9.73. The van der Waals surface area contributed by atoms with Crippen LogP contribution >= 0.6 is 0 Å². The molecule has 0 radical (unpaired) electrons. The molecule has 13 aromatic rings. The molecule has 288 valence electrons. The number of fused-ring (bicyclic) bond motifs is 10. The van der Waals surface area contributed by atoms with Crippen LogP contribution in [0.4, 0.5) is 0 Å². The highest BCUT2D eigenvalue weighted by Gasteiger charge is 2.23. The van der Waals surface area contributed by atoms with Gasteiger partial charge in [-0.05, 0) is 69.4 Å². The van der Waals surface area contributed by atoms with Gasteiger partial charge in [-0.2, -0.15) is 0 Å². The van der Waals surface area contributed by atoms with Crippen LogP contribution in [0.2, 0.25) is 0 Å². The first-order valence-corrected chi connectivity index (χ1v) is 21.0. The summed E-state index contributed by atoms with van der Waals surface area (Å²) in [6.45, 7) is 0. The van der Waals surface area contributed by atoms with E-state index in [0.29, 0.717) is 17.5 Å². The topological polar surface area (TPSA) is 48.5 Å². The number of nitrogens with zero attached hydrogens (tertiary/aromatic N) is 5. The summed E-state index contributed by atoms with van der Waals surface area (Å²) < 4.78 is 4.89. The largest absolute Gasteiger partial charge is 0.309 e. The van der Waals surface area contributed by atoms with E-state index in [2.05, 4.69) is 203 Å². The molecule has 0 spiro atoms. The number of hydrogen-bond donors (Lipinski definition) is 0. The van der Waals surface area contributed by atoms with E-state index in [0.717, 1.165) is 38.8 Å². The average Bonchev–Trinajstić information content (AvgIpc) is 3.86. The quantitative estimate of drug-likeness (QED) is 0.163. The lowest BCUT2D eigenvalue weighted by Crippen LogP contribution is -2.01. The Balaban J connectivity index is 1.05. The van der Waals surface area contributed by atoms with Gasteiger partial charge in [0.2, 0.25) is 0 Å². The second kappa shape index (κ2) is 13.6. The van der Waals surface area contributed by atoms with Crippen molar-refractivity contribution in [3.05, 3.63) is 212 Å². The van der Waals surface area contributed by atoms with Gasteiger partial charge in [0.15, 0.2) is 17.5 Å². The van der Waals surface area contributed by atoms with Crippen LogP contribution in [0.15, 0.2) is 212 Å². The minimum absolute atomic E-state index is 0.617. The number of rotatable bonds is 5. The first-order valence-electron chi connectivity index (χ1n) is 21.0. The summed E-state index contributed by atoms with van der Waals surface area (Å²) in [5.41, 5.74) is 9.62. The molecular formula is C57H35N5. The molecule has 0 aliphatic rings. The van der Waals surface area contributed by atoms with E-state index < -0.39 is 0 Å². The standard InChI is InChI=1S/C57H35N5/c1-2-16-37(17-3-1)55-58-56(60-57(59-55)41-31-32-44-39(33-41)30-29-36-15-4-6-21-43(36)44)40-19-14-20-42(34-40)61-51-28-13-10-25-48(51)53-52(61)35-38-18-5-7-22-45(38)54(53)62-49-26-11-8-23-46(49)47-24-9-12-27-50(47)62/h1-35H. The van der Waals surface area contributed by atoms with Crippen LogP contribution < -0.4 is 0 Å². The molecule has 0 N–H and O–H groups in total. The van der Waals surface area contributed by atoms with Crippen molar-refractivity contribution in [2.24, 2.45) is 0 Å². The molecular weight excluding hydrogens is 755 g/mol. The third-order valence-corrected chi connectivity index (χ3v) is 12.5. The van der Waals surface area contributed by atoms with Crippen LogP contribution in [-0.2, 0) is 0 Å². The normalized spacial score (nSPS) is 11.9. The molecule has 5 nitrogen and oxygen atoms in total. The van der Waals surface area contributed by atoms with E-state index in [9.17, 15) is 0 Å². The van der Waals surface area contributed by atoms with E-state index >= 15 is 0 Å². The zero-order chi connectivity index (χ0) is 40.7. The molecule has 0 aliphatic heterocycles. The van der Waals surface area contributed by atoms with Crippen molar-refractivity contribution < 1.29 is 0 Å². The van der Waals surface area contributed by atoms with Crippen molar-refractivity contribution in [2.75, 3.05) is 0 Å². The number of hydrogen-bond acceptors (Lipinski definition) is 3. The molecule has 0 saturated carbocycles. The molecule has 0 unspecified atom stereocenters. The van der Waals surface area contributed by atoms with Crippen LogP contribution in [-0.4, -0.2) is 24.1 Å². The van der Waals surface area contributed by atoms with Crippen molar-refractivity contribution in [3.8, 4) is 45.5 Å². The Hall–Kier alpha value is -8.41. The summed E-state index contributed by atoms with van der Waals surface area (Å²) in [6, 6.07) is 75.7. The Morgan fingerprint density at radius 2 is 0.774 bits per heavy atom. The van der Waals surface area contributed by atoms with Gasteiger partial charge in [0.1, 0.15) is 0 Å². The van der Waals surface area contributed by atoms with E-state index in [1.54, 1.807) is 0 Å². The highest BCUT2D eigenvalue weighted by atomic mass is 15.0. The van der Waals surface area contributed by atoms with Crippen molar-refractivity contribution in [1.82, 2.24) is 24.1 Å². The first-order chi connectivity index (χ1) is 30.7. The maximum Gasteiger partial charge on any atom is 0.164 e. The zero-order valence-electron chi connectivity index (χ0n) is 33.4. The van der Waals surface area contributed by atoms with Crippen molar-refractivity contribution in [3.63, 3.8) is 0 Å². The number of benzene rings is 10. The summed E-state index contributed by atoms with van der Waals surface area (Å²) in [4.78, 5) is 15.5. The molecule has 0 saturated heterocycles. The average molecular weight is 790 g/mol. The highest BCUT2D eigenvalue weighted by Crippen LogP contribution is 2.44. The molecule has 0 atom stereocenters. The van der Waals surface area contributed by atoms with Crippen molar-refractivity contribution >= 4 is 75.9 Å². The molecule has 0 amide bonds. The highest BCUT2D eigenvalue weighted by molar-refractivity contribution is 6.22. The Morgan fingerprint density at radius 3 is 1.50 bits per heavy atom. The summed E-state index contributed by atoms with van der Waals surface area (Å²) in [7, 11) is 0. The van der Waals surface area contributed by atoms with Gasteiger partial charge in [-0.1, -0.05) is 170 Å². The number of para-hydroxylation sites is 3. The first kappa shape index (κ1) is 34.5. The van der Waals surface area contributed by atoms with E-state index in [1.807, 2.05) is 18.2 Å². The summed E-state index contributed by atoms with van der Waals surface area (Å²) in [5.74, 6) is 1.88. The van der Waals surface area contributed by atoms with Gasteiger partial charge >= 0.3 is 0 Å². The Bertz CT molecular complexity index is 3880. The third-order valence-electron chi connectivity index (χ3n) is 12.5. The van der Waals surface area contributed by atoms with Gasteiger partial charge in [-0.25, -0.2) is 15.0 Å². The fourth-order valence-corrected chi connectivity index (χ4v) is 9.73. The van der Waals surface area contributed by atoms with Gasteiger partial charge in [0.25, 0.3) is 0 Å². The minimum atomic E-state index is 0.617. The predicted octanol–water partition coefficient (Wildman–Crippen LogP) is 14.5. The van der Waals surface area contributed by atoms with Gasteiger partial charge in [-0.15, -0.1) is 0 Å². The van der Waals surface area contributed by atoms with Crippen LogP contribution in [0.5, 0.6) is 0 Å². The van der Waals surface area contributed by atoms with E-state index in [4.69, 9.17) is 15.0 Å². The van der Waals surface area contributed by atoms with Crippen LogP contribution in [0, 0.1) is 0 Å². The smallest absolute Gasteiger partial charge is 0.164 e. The fraction of sp³-hybridized carbons (Fsp3) is 0. The SMILES string of the molecule is c1ccc(-c2nc(-c3cccc(-n4c5ccccc5c5c(-n6c7ccccc7c7ccccc76)c6ccccc6cc54)c3)nc(-c3ccc4c(ccc5ccccc54)c3)n2)cc1. The second-order valence-electron chi connectivity index (χ2n) is 16.0. The Kier molecular flexibility index (Phi) is 7.54. The Labute approximate surface area is 356 Å². The monoisotopic (exact) mass is 789 g/mol. The molecule has 13 rings (SSSR count). The molecule has 3 aromatic heterocycles. The predicted molar refractivity (Wildman–Crippen MR) is 257 cm³/mol. The van der Waals surface area contributed by atoms with Crippen molar-refractivity contribution in [1.29, 1.82) is 0 Å². The second-order valence-corrected chi connectivity index (χ2v) is 16.0. The summed E-state index contributed by atoms with van der Waals surface area (Å²) in [6.07, 6.45) is 0. The maximum atomic E-state index is 5.23. The molecule has 0 fully saturated rings. The van der Waals surface area contributed by atoms with Gasteiger partial charge in [0.05, 0.1) is 27.8 Å². The van der Waals surface area contributed by atoms with E-state index in [1.165, 1.54) is 65.2 Å². The lowest BCUT2D eigenvalue weighted by molar-refractivity contribution is 1.07. The minimum Gasteiger partial charge on any atom is -0.309 e. The molecule has 3 heterocycles. The molecule has 0 aliphatic carbocycles. The Morgan fingerprint density at radius 1 is 0.274 bits per heavy atom. The molecule has 5 heteroatoms. The van der Waals surface area contributed by atoms with Crippen molar-refractivity contribution in [2.45, 2.75) is 0 Å². The molecule has 10 aromatic carbocycles. The van der Waals surface area contributed by atoms with Gasteiger partial charge < -0.3 is 9.13 Å². The summed E-state index contributed by atoms with van der Waals surface area (Å²) >= 11 is 0. The maximum absolute atomic E-state index is 5.23. The lowest BCUT2D eigenvalue weighted by atomic mass is 10.00. The van der Waals surface area contributed by atoms with Crippen LogP contribution in [0.1, 0.15) is 0 Å². The van der Waals surface area contributed by atoms with Gasteiger partial charge in [-0.3, -0.25) is 0 Å². The molecule has 62 heavy (non-hydrogen) atoms. The van der Waals surface area contributed by atoms with Gasteiger partial charge in [0, 0.05) is 49.3 Å². The van der Waals surface area contributed by atoms with E-state index in [-0.39, 0.29) is 0 Å². The zero-order valence-corrected chi connectivity index (χ0v) is 33.4. The summed E-state index contributed by atoms with van der Waals surface area (Å²) in [5, 5.41) is 12.1. The third kappa shape index (κ3) is 5.25. The lowest BCUT2D eigenvalue weighted by Gasteiger charge is -2.15. The van der Waals surface area contributed by atoms with Crippen LogP contribution in [0.3, 0.4) is 0 Å². The number of aromatic nitrogens is 5. The van der Waals surface area contributed by atoms with Crippen LogP contribution in [0.25, 0.3) is 121 Å². The molecule has 0 bridgehead atoms.